The fourth-order valence-electron chi connectivity index (χ4n) is 3.94. The maximum Gasteiger partial charge on any atom is 0.321 e. The highest BCUT2D eigenvalue weighted by molar-refractivity contribution is 6.08. The van der Waals surface area contributed by atoms with Crippen LogP contribution in [0.15, 0.2) is 48.5 Å². The second-order valence-corrected chi connectivity index (χ2v) is 6.95. The van der Waals surface area contributed by atoms with E-state index in [1.807, 2.05) is 24.3 Å². The maximum atomic E-state index is 14.9. The maximum absolute atomic E-state index is 14.9. The number of amides is 1. The Hall–Kier alpha value is -3.26. The van der Waals surface area contributed by atoms with Gasteiger partial charge in [0.2, 0.25) is 11.9 Å². The van der Waals surface area contributed by atoms with Crippen LogP contribution < -0.4 is 4.90 Å². The Balaban J connectivity index is 2.00. The average molecular weight is 411 g/mol. The molecule has 0 saturated heterocycles. The largest absolute Gasteiger partial charge is 0.465 e. The van der Waals surface area contributed by atoms with Gasteiger partial charge in [-0.3, -0.25) is 14.5 Å². The Kier molecular flexibility index (Phi) is 5.50. The third-order valence-electron chi connectivity index (χ3n) is 5.23. The van der Waals surface area contributed by atoms with E-state index in [4.69, 9.17) is 9.47 Å². The fourth-order valence-corrected chi connectivity index (χ4v) is 3.94. The molecule has 7 nitrogen and oxygen atoms in total. The molecule has 0 fully saturated rings. The highest BCUT2D eigenvalue weighted by atomic mass is 19.1. The number of halogens is 1. The van der Waals surface area contributed by atoms with Crippen LogP contribution in [0.25, 0.3) is 11.0 Å². The molecular weight excluding hydrogens is 389 g/mol. The van der Waals surface area contributed by atoms with Crippen LogP contribution in [-0.2, 0) is 19.1 Å². The number of anilines is 1. The fraction of sp³-hybridized carbons (Fsp3) is 0.318. The number of hydrogen-bond acceptors (Lipinski definition) is 5. The highest BCUT2D eigenvalue weighted by Crippen LogP contribution is 2.41. The van der Waals surface area contributed by atoms with Crippen molar-refractivity contribution in [3.63, 3.8) is 0 Å². The van der Waals surface area contributed by atoms with Gasteiger partial charge >= 0.3 is 5.97 Å². The van der Waals surface area contributed by atoms with Crippen molar-refractivity contribution in [2.24, 2.45) is 5.92 Å². The molecule has 156 valence electrons. The number of fused-ring (bicyclic) bond motifs is 3. The zero-order valence-electron chi connectivity index (χ0n) is 16.7. The molecule has 8 heteroatoms. The molecule has 1 amide bonds. The number of hydrogen-bond donors (Lipinski definition) is 0. The lowest BCUT2D eigenvalue weighted by Gasteiger charge is -2.37. The summed E-state index contributed by atoms with van der Waals surface area (Å²) in [5.74, 6) is -2.57. The Bertz CT molecular complexity index is 1100. The molecule has 30 heavy (non-hydrogen) atoms. The lowest BCUT2D eigenvalue weighted by atomic mass is 9.89. The standard InChI is InChI=1S/C22H22FN3O4/c1-3-30-21(28)18-19(14-8-4-5-9-15(14)23)26-17-11-7-6-10-16(17)24-22(26)25(20(18)27)12-13-29-2/h4-11,18-19H,3,12-13H2,1-2H3/t18-,19-/m1/s1. The number of ether oxygens (including phenoxy) is 2. The first kappa shape index (κ1) is 20.0. The minimum absolute atomic E-state index is 0.113. The summed E-state index contributed by atoms with van der Waals surface area (Å²) in [4.78, 5) is 32.4. The van der Waals surface area contributed by atoms with Crippen LogP contribution in [-0.4, -0.2) is 48.3 Å². The quantitative estimate of drug-likeness (QED) is 0.461. The predicted molar refractivity (Wildman–Crippen MR) is 109 cm³/mol. The highest BCUT2D eigenvalue weighted by Gasteiger charge is 2.48. The van der Waals surface area contributed by atoms with Crippen LogP contribution in [0.5, 0.6) is 0 Å². The number of aromatic nitrogens is 2. The Labute approximate surface area is 173 Å². The van der Waals surface area contributed by atoms with Crippen LogP contribution in [0.1, 0.15) is 18.5 Å². The summed E-state index contributed by atoms with van der Waals surface area (Å²) in [6.07, 6.45) is 0. The molecule has 2 aromatic carbocycles. The van der Waals surface area contributed by atoms with Gasteiger partial charge in [-0.05, 0) is 25.1 Å². The van der Waals surface area contributed by atoms with Crippen molar-refractivity contribution < 1.29 is 23.5 Å². The number of methoxy groups -OCH3 is 1. The van der Waals surface area contributed by atoms with Crippen molar-refractivity contribution in [3.8, 4) is 0 Å². The summed E-state index contributed by atoms with van der Waals surface area (Å²) >= 11 is 0. The first-order valence-electron chi connectivity index (χ1n) is 9.76. The van der Waals surface area contributed by atoms with E-state index in [9.17, 15) is 14.0 Å². The summed E-state index contributed by atoms with van der Waals surface area (Å²) in [6, 6.07) is 12.6. The normalized spacial score (nSPS) is 18.5. The molecule has 2 heterocycles. The predicted octanol–water partition coefficient (Wildman–Crippen LogP) is 2.94. The molecule has 0 unspecified atom stereocenters. The Morgan fingerprint density at radius 2 is 1.90 bits per heavy atom. The second kappa shape index (κ2) is 8.23. The monoisotopic (exact) mass is 411 g/mol. The Morgan fingerprint density at radius 3 is 2.63 bits per heavy atom. The topological polar surface area (TPSA) is 73.7 Å². The molecule has 1 aromatic heterocycles. The van der Waals surface area contributed by atoms with Crippen molar-refractivity contribution in [2.75, 3.05) is 31.8 Å². The van der Waals surface area contributed by atoms with Crippen molar-refractivity contribution >= 4 is 28.9 Å². The summed E-state index contributed by atoms with van der Waals surface area (Å²) in [5.41, 5.74) is 1.58. The molecule has 2 atom stereocenters. The minimum atomic E-state index is -1.25. The minimum Gasteiger partial charge on any atom is -0.465 e. The van der Waals surface area contributed by atoms with Gasteiger partial charge < -0.3 is 14.0 Å². The smallest absolute Gasteiger partial charge is 0.321 e. The summed E-state index contributed by atoms with van der Waals surface area (Å²) < 4.78 is 27.0. The van der Waals surface area contributed by atoms with Crippen molar-refractivity contribution in [2.45, 2.75) is 13.0 Å². The van der Waals surface area contributed by atoms with E-state index in [2.05, 4.69) is 4.98 Å². The van der Waals surface area contributed by atoms with Gasteiger partial charge in [0, 0.05) is 12.7 Å². The number of esters is 1. The molecule has 4 rings (SSSR count). The van der Waals surface area contributed by atoms with E-state index < -0.39 is 29.7 Å². The first-order chi connectivity index (χ1) is 14.6. The van der Waals surface area contributed by atoms with E-state index in [1.165, 1.54) is 18.1 Å². The van der Waals surface area contributed by atoms with Gasteiger partial charge in [-0.25, -0.2) is 9.37 Å². The Morgan fingerprint density at radius 1 is 1.17 bits per heavy atom. The van der Waals surface area contributed by atoms with Gasteiger partial charge in [0.1, 0.15) is 5.82 Å². The molecule has 0 aliphatic carbocycles. The molecule has 0 N–H and O–H groups in total. The first-order valence-corrected chi connectivity index (χ1v) is 9.76. The average Bonchev–Trinajstić information content (AvgIpc) is 3.12. The number of imidazole rings is 1. The molecule has 0 saturated carbocycles. The summed E-state index contributed by atoms with van der Waals surface area (Å²) in [5, 5.41) is 0. The van der Waals surface area contributed by atoms with E-state index in [1.54, 1.807) is 29.7 Å². The van der Waals surface area contributed by atoms with Crippen LogP contribution in [0.2, 0.25) is 0 Å². The lowest BCUT2D eigenvalue weighted by Crippen LogP contribution is -2.51. The second-order valence-electron chi connectivity index (χ2n) is 6.95. The number of nitrogens with zero attached hydrogens (tertiary/aromatic N) is 3. The van der Waals surface area contributed by atoms with Crippen molar-refractivity contribution in [1.82, 2.24) is 9.55 Å². The molecule has 1 aliphatic heterocycles. The van der Waals surface area contributed by atoms with E-state index >= 15 is 0 Å². The SMILES string of the molecule is CCOC(=O)[C@H]1C(=O)N(CCOC)c2nc3ccccc3n2[C@@H]1c1ccccc1F. The van der Waals surface area contributed by atoms with Crippen LogP contribution in [0, 0.1) is 11.7 Å². The molecule has 1 aliphatic rings. The van der Waals surface area contributed by atoms with E-state index in [-0.39, 0.29) is 25.3 Å². The molecule has 0 radical (unpaired) electrons. The number of carbonyl (C=O) groups excluding carboxylic acids is 2. The van der Waals surface area contributed by atoms with Gasteiger partial charge in [-0.15, -0.1) is 0 Å². The molecule has 3 aromatic rings. The number of benzene rings is 2. The van der Waals surface area contributed by atoms with Gasteiger partial charge in [-0.1, -0.05) is 30.3 Å². The van der Waals surface area contributed by atoms with Crippen LogP contribution >= 0.6 is 0 Å². The van der Waals surface area contributed by atoms with Crippen LogP contribution in [0.3, 0.4) is 0 Å². The third kappa shape index (κ3) is 3.23. The van der Waals surface area contributed by atoms with Crippen molar-refractivity contribution in [3.05, 3.63) is 59.9 Å². The zero-order valence-corrected chi connectivity index (χ0v) is 16.7. The number of para-hydroxylation sites is 2. The van der Waals surface area contributed by atoms with Crippen LogP contribution in [0.4, 0.5) is 10.3 Å². The zero-order chi connectivity index (χ0) is 21.3. The van der Waals surface area contributed by atoms with Gasteiger partial charge in [0.25, 0.3) is 0 Å². The van der Waals surface area contributed by atoms with E-state index in [0.717, 1.165) is 0 Å². The van der Waals surface area contributed by atoms with E-state index in [0.29, 0.717) is 17.0 Å². The molecule has 0 spiro atoms. The van der Waals surface area contributed by atoms with Gasteiger partial charge in [0.05, 0.1) is 36.8 Å². The van der Waals surface area contributed by atoms with Gasteiger partial charge in [0.15, 0.2) is 5.92 Å². The number of carbonyl (C=O) groups is 2. The van der Waals surface area contributed by atoms with Crippen molar-refractivity contribution in [1.29, 1.82) is 0 Å². The molecular formula is C22H22FN3O4. The summed E-state index contributed by atoms with van der Waals surface area (Å²) in [7, 11) is 1.53. The number of rotatable bonds is 6. The van der Waals surface area contributed by atoms with Gasteiger partial charge in [-0.2, -0.15) is 0 Å². The lowest BCUT2D eigenvalue weighted by molar-refractivity contribution is -0.153. The summed E-state index contributed by atoms with van der Waals surface area (Å²) in [6.45, 7) is 2.25. The third-order valence-corrected chi connectivity index (χ3v) is 5.23. The molecule has 0 bridgehead atoms.